The molecule has 0 saturated carbocycles. The van der Waals surface area contributed by atoms with Gasteiger partial charge in [0.15, 0.2) is 0 Å². The van der Waals surface area contributed by atoms with Crippen LogP contribution >= 0.6 is 11.6 Å². The van der Waals surface area contributed by atoms with Crippen LogP contribution in [0.5, 0.6) is 0 Å². The molecular weight excluding hydrogens is 339 g/mol. The highest BCUT2D eigenvalue weighted by Crippen LogP contribution is 2.20. The summed E-state index contributed by atoms with van der Waals surface area (Å²) in [6.07, 6.45) is 0.583. The Morgan fingerprint density at radius 1 is 1.12 bits per heavy atom. The standard InChI is InChI=1S/C20H24ClFN2O/c1-14(12-15-4-10-18(22)11-5-15)20(25)23-13-19(24(2)3)16-6-8-17(21)9-7-16/h4-11,14,19H,12-13H2,1-3H3,(H,23,25). The third-order valence-corrected chi connectivity index (χ3v) is 4.50. The minimum atomic E-state index is -0.266. The van der Waals surface area contributed by atoms with Gasteiger partial charge in [0.2, 0.25) is 5.91 Å². The fraction of sp³-hybridized carbons (Fsp3) is 0.350. The normalized spacial score (nSPS) is 13.5. The molecule has 0 saturated heterocycles. The Balaban J connectivity index is 1.93. The van der Waals surface area contributed by atoms with Crippen LogP contribution in [0.4, 0.5) is 4.39 Å². The van der Waals surface area contributed by atoms with Crippen molar-refractivity contribution < 1.29 is 9.18 Å². The van der Waals surface area contributed by atoms with Crippen LogP contribution in [0.25, 0.3) is 0 Å². The molecule has 0 aliphatic carbocycles. The summed E-state index contributed by atoms with van der Waals surface area (Å²) in [6.45, 7) is 2.40. The third-order valence-electron chi connectivity index (χ3n) is 4.25. The highest BCUT2D eigenvalue weighted by Gasteiger charge is 2.18. The maximum atomic E-state index is 13.0. The molecule has 0 heterocycles. The van der Waals surface area contributed by atoms with Gasteiger partial charge in [0.25, 0.3) is 0 Å². The number of likely N-dealkylation sites (N-methyl/N-ethyl adjacent to an activating group) is 1. The van der Waals surface area contributed by atoms with Gasteiger partial charge < -0.3 is 10.2 Å². The number of amides is 1. The molecule has 0 radical (unpaired) electrons. The number of benzene rings is 2. The van der Waals surface area contributed by atoms with E-state index in [2.05, 4.69) is 10.2 Å². The van der Waals surface area contributed by atoms with E-state index in [1.165, 1.54) is 12.1 Å². The summed E-state index contributed by atoms with van der Waals surface area (Å²) < 4.78 is 13.0. The molecule has 2 rings (SSSR count). The van der Waals surface area contributed by atoms with Crippen LogP contribution < -0.4 is 5.32 Å². The van der Waals surface area contributed by atoms with Gasteiger partial charge in [-0.15, -0.1) is 0 Å². The smallest absolute Gasteiger partial charge is 0.223 e. The highest BCUT2D eigenvalue weighted by molar-refractivity contribution is 6.30. The number of carbonyl (C=O) groups is 1. The minimum Gasteiger partial charge on any atom is -0.354 e. The maximum Gasteiger partial charge on any atom is 0.223 e. The molecule has 0 spiro atoms. The van der Waals surface area contributed by atoms with Crippen LogP contribution in [0.15, 0.2) is 48.5 Å². The highest BCUT2D eigenvalue weighted by atomic mass is 35.5. The molecule has 2 aromatic carbocycles. The average molecular weight is 363 g/mol. The molecule has 0 fully saturated rings. The van der Waals surface area contributed by atoms with Gasteiger partial charge in [-0.1, -0.05) is 42.8 Å². The number of halogens is 2. The second kappa shape index (κ2) is 8.97. The zero-order valence-electron chi connectivity index (χ0n) is 14.8. The van der Waals surface area contributed by atoms with Crippen LogP contribution in [0.1, 0.15) is 24.1 Å². The van der Waals surface area contributed by atoms with Gasteiger partial charge in [-0.25, -0.2) is 4.39 Å². The summed E-state index contributed by atoms with van der Waals surface area (Å²) in [4.78, 5) is 14.5. The molecule has 134 valence electrons. The first-order chi connectivity index (χ1) is 11.9. The molecule has 1 amide bonds. The van der Waals surface area contributed by atoms with E-state index in [9.17, 15) is 9.18 Å². The van der Waals surface area contributed by atoms with Gasteiger partial charge in [-0.05, 0) is 55.9 Å². The van der Waals surface area contributed by atoms with Crippen molar-refractivity contribution in [1.29, 1.82) is 0 Å². The summed E-state index contributed by atoms with van der Waals surface area (Å²) in [7, 11) is 3.96. The Bertz CT molecular complexity index is 686. The lowest BCUT2D eigenvalue weighted by molar-refractivity contribution is -0.124. The van der Waals surface area contributed by atoms with Crippen molar-refractivity contribution in [2.45, 2.75) is 19.4 Å². The minimum absolute atomic E-state index is 0.00913. The Hall–Kier alpha value is -1.91. The molecule has 2 unspecified atom stereocenters. The molecule has 5 heteroatoms. The topological polar surface area (TPSA) is 32.3 Å². The van der Waals surface area contributed by atoms with E-state index >= 15 is 0 Å². The lowest BCUT2D eigenvalue weighted by Gasteiger charge is -2.26. The number of hydrogen-bond donors (Lipinski definition) is 1. The summed E-state index contributed by atoms with van der Waals surface area (Å²) in [5.41, 5.74) is 2.05. The number of nitrogens with zero attached hydrogens (tertiary/aromatic N) is 1. The SMILES string of the molecule is CC(Cc1ccc(F)cc1)C(=O)NCC(c1ccc(Cl)cc1)N(C)C. The van der Waals surface area contributed by atoms with E-state index in [0.717, 1.165) is 11.1 Å². The second-order valence-electron chi connectivity index (χ2n) is 6.51. The predicted octanol–water partition coefficient (Wildman–Crippen LogP) is 4.08. The summed E-state index contributed by atoms with van der Waals surface area (Å²) in [6, 6.07) is 14.0. The number of carbonyl (C=O) groups excluding carboxylic acids is 1. The quantitative estimate of drug-likeness (QED) is 0.805. The molecule has 25 heavy (non-hydrogen) atoms. The first-order valence-corrected chi connectivity index (χ1v) is 8.68. The fourth-order valence-corrected chi connectivity index (χ4v) is 2.85. The second-order valence-corrected chi connectivity index (χ2v) is 6.94. The van der Waals surface area contributed by atoms with Crippen molar-refractivity contribution in [3.8, 4) is 0 Å². The van der Waals surface area contributed by atoms with Crippen LogP contribution in [0.2, 0.25) is 5.02 Å². The molecule has 2 atom stereocenters. The Kier molecular flexibility index (Phi) is 6.97. The molecule has 2 aromatic rings. The largest absolute Gasteiger partial charge is 0.354 e. The number of rotatable bonds is 7. The predicted molar refractivity (Wildman–Crippen MR) is 100 cm³/mol. The lowest BCUT2D eigenvalue weighted by atomic mass is 10.00. The van der Waals surface area contributed by atoms with Gasteiger partial charge >= 0.3 is 0 Å². The molecule has 0 aromatic heterocycles. The Labute approximate surface area is 153 Å². The van der Waals surface area contributed by atoms with Gasteiger partial charge in [0.05, 0.1) is 6.04 Å². The van der Waals surface area contributed by atoms with E-state index in [1.54, 1.807) is 12.1 Å². The first-order valence-electron chi connectivity index (χ1n) is 8.31. The van der Waals surface area contributed by atoms with E-state index in [-0.39, 0.29) is 23.7 Å². The van der Waals surface area contributed by atoms with E-state index in [0.29, 0.717) is 18.0 Å². The fourth-order valence-electron chi connectivity index (χ4n) is 2.72. The van der Waals surface area contributed by atoms with Crippen LogP contribution in [-0.2, 0) is 11.2 Å². The maximum absolute atomic E-state index is 13.0. The van der Waals surface area contributed by atoms with Crippen molar-refractivity contribution in [3.05, 3.63) is 70.5 Å². The van der Waals surface area contributed by atoms with Gasteiger partial charge in [0, 0.05) is 17.5 Å². The van der Waals surface area contributed by atoms with Crippen molar-refractivity contribution in [2.24, 2.45) is 5.92 Å². The summed E-state index contributed by atoms with van der Waals surface area (Å²) in [5, 5.41) is 3.71. The van der Waals surface area contributed by atoms with Crippen molar-refractivity contribution in [3.63, 3.8) is 0 Å². The summed E-state index contributed by atoms with van der Waals surface area (Å²) >= 11 is 5.94. The van der Waals surface area contributed by atoms with E-state index in [4.69, 9.17) is 11.6 Å². The van der Waals surface area contributed by atoms with Gasteiger partial charge in [-0.2, -0.15) is 0 Å². The van der Waals surface area contributed by atoms with E-state index < -0.39 is 0 Å². The zero-order chi connectivity index (χ0) is 18.4. The van der Waals surface area contributed by atoms with Crippen molar-refractivity contribution >= 4 is 17.5 Å². The van der Waals surface area contributed by atoms with Crippen molar-refractivity contribution in [2.75, 3.05) is 20.6 Å². The van der Waals surface area contributed by atoms with Gasteiger partial charge in [0.1, 0.15) is 5.82 Å². The first kappa shape index (κ1) is 19.4. The lowest BCUT2D eigenvalue weighted by Crippen LogP contribution is -2.37. The number of hydrogen-bond acceptors (Lipinski definition) is 2. The van der Waals surface area contributed by atoms with Crippen LogP contribution in [0.3, 0.4) is 0 Å². The molecule has 0 bridgehead atoms. The van der Waals surface area contributed by atoms with Gasteiger partial charge in [-0.3, -0.25) is 4.79 Å². The van der Waals surface area contributed by atoms with Crippen molar-refractivity contribution in [1.82, 2.24) is 10.2 Å². The monoisotopic (exact) mass is 362 g/mol. The zero-order valence-corrected chi connectivity index (χ0v) is 15.6. The van der Waals surface area contributed by atoms with Crippen LogP contribution in [0, 0.1) is 11.7 Å². The Morgan fingerprint density at radius 3 is 2.28 bits per heavy atom. The summed E-state index contributed by atoms with van der Waals surface area (Å²) in [5.74, 6) is -0.457. The average Bonchev–Trinajstić information content (AvgIpc) is 2.58. The molecule has 0 aliphatic heterocycles. The van der Waals surface area contributed by atoms with Crippen LogP contribution in [-0.4, -0.2) is 31.4 Å². The van der Waals surface area contributed by atoms with E-state index in [1.807, 2.05) is 45.3 Å². The molecule has 3 nitrogen and oxygen atoms in total. The Morgan fingerprint density at radius 2 is 1.72 bits per heavy atom. The third kappa shape index (κ3) is 5.83. The number of nitrogens with one attached hydrogen (secondary N) is 1. The molecule has 1 N–H and O–H groups in total. The molecule has 0 aliphatic rings. The molecular formula is C20H24ClFN2O.